The molecule has 0 aromatic heterocycles. The Hall–Kier alpha value is -0.780. The van der Waals surface area contributed by atoms with Gasteiger partial charge in [-0.05, 0) is 36.6 Å². The highest BCUT2D eigenvalue weighted by molar-refractivity contribution is 7.89. The Morgan fingerprint density at radius 1 is 1.35 bits per heavy atom. The molecule has 0 N–H and O–H groups in total. The summed E-state index contributed by atoms with van der Waals surface area (Å²) >= 11 is 5.77. The molecule has 0 amide bonds. The fourth-order valence-electron chi connectivity index (χ4n) is 1.90. The first-order chi connectivity index (χ1) is 9.47. The van der Waals surface area contributed by atoms with Gasteiger partial charge < -0.3 is 4.74 Å². The third-order valence-corrected chi connectivity index (χ3v) is 5.29. The summed E-state index contributed by atoms with van der Waals surface area (Å²) < 4.78 is 31.7. The highest BCUT2D eigenvalue weighted by Gasteiger charge is 2.23. The molecule has 1 rings (SSSR count). The second kappa shape index (κ2) is 7.86. The zero-order chi connectivity index (χ0) is 15.2. The molecule has 1 aromatic rings. The molecular formula is C14H22ClNO3S. The quantitative estimate of drug-likeness (QED) is 0.692. The molecule has 0 aliphatic rings. The first-order valence-corrected chi connectivity index (χ1v) is 8.64. The van der Waals surface area contributed by atoms with Gasteiger partial charge in [-0.25, -0.2) is 12.7 Å². The molecule has 0 atom stereocenters. The first-order valence-electron chi connectivity index (χ1n) is 6.66. The lowest BCUT2D eigenvalue weighted by Crippen LogP contribution is -2.28. The Bertz CT molecular complexity index is 531. The van der Waals surface area contributed by atoms with Gasteiger partial charge in [0.05, 0.1) is 12.0 Å². The minimum Gasteiger partial charge on any atom is -0.497 e. The van der Waals surface area contributed by atoms with Crippen LogP contribution in [0.1, 0.15) is 25.3 Å². The lowest BCUT2D eigenvalue weighted by Gasteiger charge is -2.19. The number of unbranched alkanes of at least 4 members (excludes halogenated alkanes) is 1. The van der Waals surface area contributed by atoms with E-state index < -0.39 is 10.0 Å². The molecule has 0 aliphatic carbocycles. The van der Waals surface area contributed by atoms with E-state index in [0.29, 0.717) is 35.1 Å². The maximum Gasteiger partial charge on any atom is 0.243 e. The molecule has 0 aliphatic heterocycles. The monoisotopic (exact) mass is 319 g/mol. The standard InChI is InChI=1S/C14H22ClNO3S/c1-4-5-10-16(2)20(17,18)14-7-6-13(19-3)11-12(14)8-9-15/h6-7,11H,4-5,8-10H2,1-3H3. The van der Waals surface area contributed by atoms with Crippen molar-refractivity contribution in [1.29, 1.82) is 0 Å². The van der Waals surface area contributed by atoms with Crippen molar-refractivity contribution in [3.8, 4) is 5.75 Å². The predicted molar refractivity (Wildman–Crippen MR) is 82.1 cm³/mol. The number of ether oxygens (including phenoxy) is 1. The second-order valence-corrected chi connectivity index (χ2v) is 6.98. The van der Waals surface area contributed by atoms with Gasteiger partial charge in [-0.1, -0.05) is 13.3 Å². The zero-order valence-electron chi connectivity index (χ0n) is 12.2. The van der Waals surface area contributed by atoms with Crippen molar-refractivity contribution in [3.05, 3.63) is 23.8 Å². The lowest BCUT2D eigenvalue weighted by molar-refractivity contribution is 0.413. The Kier molecular flexibility index (Phi) is 6.79. The zero-order valence-corrected chi connectivity index (χ0v) is 13.8. The molecular weight excluding hydrogens is 298 g/mol. The molecule has 0 saturated heterocycles. The summed E-state index contributed by atoms with van der Waals surface area (Å²) in [5.41, 5.74) is 0.697. The summed E-state index contributed by atoms with van der Waals surface area (Å²) in [5, 5.41) is 0. The fraction of sp³-hybridized carbons (Fsp3) is 0.571. The van der Waals surface area contributed by atoms with Crippen LogP contribution in [0.15, 0.2) is 23.1 Å². The Balaban J connectivity index is 3.16. The maximum absolute atomic E-state index is 12.6. The van der Waals surface area contributed by atoms with Crippen molar-refractivity contribution in [3.63, 3.8) is 0 Å². The normalized spacial score (nSPS) is 11.8. The van der Waals surface area contributed by atoms with Gasteiger partial charge >= 0.3 is 0 Å². The van der Waals surface area contributed by atoms with Crippen molar-refractivity contribution >= 4 is 21.6 Å². The van der Waals surface area contributed by atoms with Crippen LogP contribution in [0.3, 0.4) is 0 Å². The summed E-state index contributed by atoms with van der Waals surface area (Å²) in [5.74, 6) is 1.01. The van der Waals surface area contributed by atoms with E-state index in [2.05, 4.69) is 0 Å². The Morgan fingerprint density at radius 2 is 2.05 bits per heavy atom. The molecule has 6 heteroatoms. The third-order valence-electron chi connectivity index (χ3n) is 3.15. The molecule has 0 saturated carbocycles. The molecule has 0 spiro atoms. The van der Waals surface area contributed by atoms with Crippen LogP contribution in [0, 0.1) is 0 Å². The average molecular weight is 320 g/mol. The predicted octanol–water partition coefficient (Wildman–Crippen LogP) is 2.90. The number of halogens is 1. The van der Waals surface area contributed by atoms with E-state index in [-0.39, 0.29) is 0 Å². The number of aryl methyl sites for hydroxylation is 1. The van der Waals surface area contributed by atoms with Gasteiger partial charge in [-0.3, -0.25) is 0 Å². The molecule has 1 aromatic carbocycles. The number of alkyl halides is 1. The van der Waals surface area contributed by atoms with Gasteiger partial charge in [0.15, 0.2) is 0 Å². The molecule has 0 bridgehead atoms. The van der Waals surface area contributed by atoms with Crippen LogP contribution in [0.2, 0.25) is 0 Å². The van der Waals surface area contributed by atoms with Gasteiger partial charge in [0.1, 0.15) is 5.75 Å². The minimum atomic E-state index is -3.47. The summed E-state index contributed by atoms with van der Waals surface area (Å²) in [4.78, 5) is 0.317. The molecule has 20 heavy (non-hydrogen) atoms. The van der Waals surface area contributed by atoms with E-state index in [1.54, 1.807) is 32.4 Å². The molecule has 0 unspecified atom stereocenters. The van der Waals surface area contributed by atoms with Crippen LogP contribution in [-0.2, 0) is 16.4 Å². The number of methoxy groups -OCH3 is 1. The van der Waals surface area contributed by atoms with E-state index in [0.717, 1.165) is 12.8 Å². The topological polar surface area (TPSA) is 46.6 Å². The minimum absolute atomic E-state index is 0.317. The fourth-order valence-corrected chi connectivity index (χ4v) is 3.54. The molecule has 0 radical (unpaired) electrons. The van der Waals surface area contributed by atoms with Crippen LogP contribution in [0.4, 0.5) is 0 Å². The highest BCUT2D eigenvalue weighted by atomic mass is 35.5. The Labute approximate surface area is 126 Å². The molecule has 114 valence electrons. The van der Waals surface area contributed by atoms with Crippen molar-refractivity contribution in [2.75, 3.05) is 26.6 Å². The highest BCUT2D eigenvalue weighted by Crippen LogP contribution is 2.25. The van der Waals surface area contributed by atoms with Crippen molar-refractivity contribution < 1.29 is 13.2 Å². The van der Waals surface area contributed by atoms with Gasteiger partial charge in [0.2, 0.25) is 10.0 Å². The summed E-state index contributed by atoms with van der Waals surface area (Å²) in [7, 11) is -0.302. The second-order valence-electron chi connectivity index (χ2n) is 4.59. The average Bonchev–Trinajstić information content (AvgIpc) is 2.44. The number of nitrogens with zero attached hydrogens (tertiary/aromatic N) is 1. The van der Waals surface area contributed by atoms with E-state index >= 15 is 0 Å². The molecule has 0 fully saturated rings. The van der Waals surface area contributed by atoms with Crippen molar-refractivity contribution in [1.82, 2.24) is 4.31 Å². The first kappa shape index (κ1) is 17.3. The SMILES string of the molecule is CCCCN(C)S(=O)(=O)c1ccc(OC)cc1CCCl. The number of sulfonamides is 1. The smallest absolute Gasteiger partial charge is 0.243 e. The lowest BCUT2D eigenvalue weighted by atomic mass is 10.1. The van der Waals surface area contributed by atoms with Crippen LogP contribution in [0.5, 0.6) is 5.75 Å². The number of rotatable bonds is 8. The van der Waals surface area contributed by atoms with Gasteiger partial charge in [-0.2, -0.15) is 0 Å². The van der Waals surface area contributed by atoms with Crippen LogP contribution in [-0.4, -0.2) is 39.3 Å². The maximum atomic E-state index is 12.6. The van der Waals surface area contributed by atoms with Gasteiger partial charge in [0.25, 0.3) is 0 Å². The number of hydrogen-bond acceptors (Lipinski definition) is 3. The molecule has 0 heterocycles. The summed E-state index contributed by atoms with van der Waals surface area (Å²) in [6, 6.07) is 5.00. The van der Waals surface area contributed by atoms with Crippen molar-refractivity contribution in [2.24, 2.45) is 0 Å². The van der Waals surface area contributed by atoms with Gasteiger partial charge in [0, 0.05) is 19.5 Å². The van der Waals surface area contributed by atoms with Crippen LogP contribution >= 0.6 is 11.6 Å². The van der Waals surface area contributed by atoms with Crippen molar-refractivity contribution in [2.45, 2.75) is 31.1 Å². The van der Waals surface area contributed by atoms with E-state index in [9.17, 15) is 8.42 Å². The summed E-state index contributed by atoms with van der Waals surface area (Å²) in [6.07, 6.45) is 2.29. The van der Waals surface area contributed by atoms with Gasteiger partial charge in [-0.15, -0.1) is 11.6 Å². The van der Waals surface area contributed by atoms with Crippen LogP contribution < -0.4 is 4.74 Å². The third kappa shape index (κ3) is 4.11. The van der Waals surface area contributed by atoms with Crippen LogP contribution in [0.25, 0.3) is 0 Å². The number of benzene rings is 1. The van der Waals surface area contributed by atoms with E-state index in [4.69, 9.17) is 16.3 Å². The summed E-state index contributed by atoms with van der Waals surface area (Å²) in [6.45, 7) is 2.55. The molecule has 4 nitrogen and oxygen atoms in total. The van der Waals surface area contributed by atoms with E-state index in [1.165, 1.54) is 4.31 Å². The Morgan fingerprint density at radius 3 is 2.60 bits per heavy atom. The van der Waals surface area contributed by atoms with E-state index in [1.807, 2.05) is 6.92 Å². The number of hydrogen-bond donors (Lipinski definition) is 0. The largest absolute Gasteiger partial charge is 0.497 e.